The molecule has 0 aromatic heterocycles. The van der Waals surface area contributed by atoms with Crippen molar-refractivity contribution in [2.24, 2.45) is 0 Å². The Morgan fingerprint density at radius 2 is 2.11 bits per heavy atom. The number of nitrogen functional groups attached to an aromatic ring is 1. The molecule has 3 nitrogen and oxygen atoms in total. The van der Waals surface area contributed by atoms with Crippen molar-refractivity contribution in [1.82, 2.24) is 0 Å². The van der Waals surface area contributed by atoms with E-state index in [4.69, 9.17) is 10.5 Å². The van der Waals surface area contributed by atoms with Crippen molar-refractivity contribution in [3.63, 3.8) is 0 Å². The van der Waals surface area contributed by atoms with E-state index in [-0.39, 0.29) is 5.69 Å². The third-order valence-electron chi connectivity index (χ3n) is 3.24. The molecule has 2 aromatic rings. The van der Waals surface area contributed by atoms with E-state index in [2.05, 4.69) is 5.32 Å². The van der Waals surface area contributed by atoms with Crippen LogP contribution in [0, 0.1) is 5.82 Å². The van der Waals surface area contributed by atoms with E-state index in [1.165, 1.54) is 11.6 Å². The van der Waals surface area contributed by atoms with E-state index in [0.29, 0.717) is 5.69 Å². The van der Waals surface area contributed by atoms with Crippen LogP contribution in [0.3, 0.4) is 0 Å². The van der Waals surface area contributed by atoms with Gasteiger partial charge in [-0.1, -0.05) is 6.07 Å². The zero-order valence-electron chi connectivity index (χ0n) is 10.4. The number of nitrogens with two attached hydrogens (primary N) is 1. The fourth-order valence-electron chi connectivity index (χ4n) is 2.24. The zero-order valence-corrected chi connectivity index (χ0v) is 10.4. The first-order chi connectivity index (χ1) is 9.24. The molecule has 4 heteroatoms. The number of anilines is 3. The SMILES string of the molecule is Nc1c(F)cccc1Nc1ccc2c(c1)CCCO2. The Morgan fingerprint density at radius 3 is 3.00 bits per heavy atom. The summed E-state index contributed by atoms with van der Waals surface area (Å²) >= 11 is 0. The number of benzene rings is 2. The van der Waals surface area contributed by atoms with E-state index < -0.39 is 5.82 Å². The summed E-state index contributed by atoms with van der Waals surface area (Å²) in [6, 6.07) is 10.6. The van der Waals surface area contributed by atoms with Gasteiger partial charge in [0, 0.05) is 5.69 Å². The van der Waals surface area contributed by atoms with E-state index in [1.54, 1.807) is 12.1 Å². The lowest BCUT2D eigenvalue weighted by Gasteiger charge is -2.18. The van der Waals surface area contributed by atoms with Gasteiger partial charge in [-0.2, -0.15) is 0 Å². The Morgan fingerprint density at radius 1 is 1.21 bits per heavy atom. The quantitative estimate of drug-likeness (QED) is 0.811. The fourth-order valence-corrected chi connectivity index (χ4v) is 2.24. The average molecular weight is 258 g/mol. The molecule has 98 valence electrons. The number of nitrogens with one attached hydrogen (secondary N) is 1. The van der Waals surface area contributed by atoms with Crippen LogP contribution in [-0.2, 0) is 6.42 Å². The minimum Gasteiger partial charge on any atom is -0.493 e. The van der Waals surface area contributed by atoms with Gasteiger partial charge in [0.05, 0.1) is 18.0 Å². The van der Waals surface area contributed by atoms with Crippen LogP contribution in [0.5, 0.6) is 5.75 Å². The number of fused-ring (bicyclic) bond motifs is 1. The number of aryl methyl sites for hydroxylation is 1. The van der Waals surface area contributed by atoms with Gasteiger partial charge in [-0.25, -0.2) is 4.39 Å². The van der Waals surface area contributed by atoms with E-state index >= 15 is 0 Å². The van der Waals surface area contributed by atoms with Gasteiger partial charge in [0.2, 0.25) is 0 Å². The molecule has 19 heavy (non-hydrogen) atoms. The zero-order chi connectivity index (χ0) is 13.2. The number of halogens is 1. The Kier molecular flexibility index (Phi) is 2.99. The highest BCUT2D eigenvalue weighted by molar-refractivity contribution is 5.73. The first-order valence-electron chi connectivity index (χ1n) is 6.31. The maximum Gasteiger partial charge on any atom is 0.148 e. The summed E-state index contributed by atoms with van der Waals surface area (Å²) in [5.74, 6) is 0.523. The van der Waals surface area contributed by atoms with E-state index in [9.17, 15) is 4.39 Å². The fraction of sp³-hybridized carbons (Fsp3) is 0.200. The van der Waals surface area contributed by atoms with Crippen molar-refractivity contribution in [3.05, 3.63) is 47.8 Å². The summed E-state index contributed by atoms with van der Waals surface area (Å²) in [7, 11) is 0. The van der Waals surface area contributed by atoms with Crippen molar-refractivity contribution in [2.45, 2.75) is 12.8 Å². The molecule has 0 saturated heterocycles. The van der Waals surface area contributed by atoms with Gasteiger partial charge in [-0.3, -0.25) is 0 Å². The van der Waals surface area contributed by atoms with Crippen LogP contribution < -0.4 is 15.8 Å². The molecule has 0 atom stereocenters. The molecule has 1 aliphatic heterocycles. The minimum atomic E-state index is -0.411. The van der Waals surface area contributed by atoms with Crippen LogP contribution in [0.15, 0.2) is 36.4 Å². The third-order valence-corrected chi connectivity index (χ3v) is 3.24. The summed E-state index contributed by atoms with van der Waals surface area (Å²) in [4.78, 5) is 0. The van der Waals surface area contributed by atoms with Gasteiger partial charge in [-0.15, -0.1) is 0 Å². The number of hydrogen-bond donors (Lipinski definition) is 2. The first-order valence-corrected chi connectivity index (χ1v) is 6.31. The van der Waals surface area contributed by atoms with Crippen LogP contribution in [0.1, 0.15) is 12.0 Å². The summed E-state index contributed by atoms with van der Waals surface area (Å²) in [6.07, 6.45) is 2.03. The maximum atomic E-state index is 13.4. The summed E-state index contributed by atoms with van der Waals surface area (Å²) < 4.78 is 18.9. The Labute approximate surface area is 111 Å². The van der Waals surface area contributed by atoms with Crippen molar-refractivity contribution in [1.29, 1.82) is 0 Å². The monoisotopic (exact) mass is 258 g/mol. The van der Waals surface area contributed by atoms with E-state index in [1.807, 2.05) is 18.2 Å². The van der Waals surface area contributed by atoms with E-state index in [0.717, 1.165) is 30.9 Å². The molecule has 3 N–H and O–H groups in total. The predicted molar refractivity (Wildman–Crippen MR) is 74.4 cm³/mol. The van der Waals surface area contributed by atoms with Crippen molar-refractivity contribution in [3.8, 4) is 5.75 Å². The van der Waals surface area contributed by atoms with Gasteiger partial charge < -0.3 is 15.8 Å². The van der Waals surface area contributed by atoms with Gasteiger partial charge in [0.1, 0.15) is 11.6 Å². The third kappa shape index (κ3) is 2.34. The smallest absolute Gasteiger partial charge is 0.148 e. The lowest BCUT2D eigenvalue weighted by atomic mass is 10.1. The predicted octanol–water partition coefficient (Wildman–Crippen LogP) is 3.48. The van der Waals surface area contributed by atoms with Gasteiger partial charge in [-0.05, 0) is 48.7 Å². The molecule has 1 aliphatic rings. The Balaban J connectivity index is 1.89. The molecule has 2 aromatic carbocycles. The number of para-hydroxylation sites is 1. The molecule has 0 aliphatic carbocycles. The minimum absolute atomic E-state index is 0.136. The van der Waals surface area contributed by atoms with Gasteiger partial charge in [0.25, 0.3) is 0 Å². The van der Waals surface area contributed by atoms with Crippen molar-refractivity contribution >= 4 is 17.1 Å². The molecule has 0 spiro atoms. The molecule has 0 fully saturated rings. The van der Waals surface area contributed by atoms with Crippen LogP contribution >= 0.6 is 0 Å². The summed E-state index contributed by atoms with van der Waals surface area (Å²) in [6.45, 7) is 0.774. The lowest BCUT2D eigenvalue weighted by Crippen LogP contribution is -2.08. The maximum absolute atomic E-state index is 13.4. The summed E-state index contributed by atoms with van der Waals surface area (Å²) in [5, 5.41) is 3.14. The Bertz CT molecular complexity index is 613. The van der Waals surface area contributed by atoms with Gasteiger partial charge in [0.15, 0.2) is 0 Å². The Hall–Kier alpha value is -2.23. The normalized spacial score (nSPS) is 13.5. The molecule has 0 amide bonds. The van der Waals surface area contributed by atoms with Crippen LogP contribution in [0.4, 0.5) is 21.5 Å². The first kappa shape index (κ1) is 11.8. The number of hydrogen-bond acceptors (Lipinski definition) is 3. The number of ether oxygens (including phenoxy) is 1. The molecule has 0 saturated carbocycles. The van der Waals surface area contributed by atoms with Crippen molar-refractivity contribution < 1.29 is 9.13 Å². The standard InChI is InChI=1S/C15H15FN2O/c16-12-4-1-5-13(15(12)17)18-11-6-7-14-10(9-11)3-2-8-19-14/h1,4-7,9,18H,2-3,8,17H2. The van der Waals surface area contributed by atoms with Crippen LogP contribution in [-0.4, -0.2) is 6.61 Å². The van der Waals surface area contributed by atoms with Crippen molar-refractivity contribution in [2.75, 3.05) is 17.7 Å². The summed E-state index contributed by atoms with van der Waals surface area (Å²) in [5.41, 5.74) is 8.48. The average Bonchev–Trinajstić information content (AvgIpc) is 2.44. The molecule has 1 heterocycles. The van der Waals surface area contributed by atoms with Crippen LogP contribution in [0.25, 0.3) is 0 Å². The topological polar surface area (TPSA) is 47.3 Å². The lowest BCUT2D eigenvalue weighted by molar-refractivity contribution is 0.288. The molecule has 0 radical (unpaired) electrons. The number of rotatable bonds is 2. The largest absolute Gasteiger partial charge is 0.493 e. The second kappa shape index (κ2) is 4.80. The molecule has 3 rings (SSSR count). The highest BCUT2D eigenvalue weighted by Crippen LogP contribution is 2.30. The van der Waals surface area contributed by atoms with Gasteiger partial charge >= 0.3 is 0 Å². The van der Waals surface area contributed by atoms with Crippen LogP contribution in [0.2, 0.25) is 0 Å². The molecule has 0 bridgehead atoms. The highest BCUT2D eigenvalue weighted by atomic mass is 19.1. The second-order valence-corrected chi connectivity index (χ2v) is 4.60. The molecular formula is C15H15FN2O. The second-order valence-electron chi connectivity index (χ2n) is 4.60. The molecule has 0 unspecified atom stereocenters. The molecular weight excluding hydrogens is 243 g/mol. The highest BCUT2D eigenvalue weighted by Gasteiger charge is 2.11.